The van der Waals surface area contributed by atoms with Crippen LogP contribution in [0.15, 0.2) is 60.7 Å². The predicted molar refractivity (Wildman–Crippen MR) is 78.5 cm³/mol. The van der Waals surface area contributed by atoms with Gasteiger partial charge >= 0.3 is 0 Å². The molecule has 0 amide bonds. The third-order valence-electron chi connectivity index (χ3n) is 3.39. The molecule has 0 aliphatic rings. The van der Waals surface area contributed by atoms with Gasteiger partial charge in [-0.3, -0.25) is 0 Å². The lowest BCUT2D eigenvalue weighted by Crippen LogP contribution is -3.06. The molecule has 0 radical (unpaired) electrons. The topological polar surface area (TPSA) is 27.5 Å². The van der Waals surface area contributed by atoms with E-state index in [1.54, 1.807) is 0 Å². The highest BCUT2D eigenvalue weighted by Gasteiger charge is 2.22. The second-order valence-corrected chi connectivity index (χ2v) is 5.26. The Balaban J connectivity index is 2.16. The number of nitrogens with one attached hydrogen (secondary N) is 1. The van der Waals surface area contributed by atoms with Crippen LogP contribution in [0.3, 0.4) is 0 Å². The lowest BCUT2D eigenvalue weighted by molar-refractivity contribution is -0.900. The molecule has 2 aromatic rings. The van der Waals surface area contributed by atoms with E-state index in [1.807, 2.05) is 60.7 Å². The molecule has 0 aromatic heterocycles. The molecule has 0 bridgehead atoms. The van der Waals surface area contributed by atoms with E-state index in [2.05, 4.69) is 13.8 Å². The molecule has 0 aliphatic carbocycles. The minimum absolute atomic E-state index is 0.0126. The van der Waals surface area contributed by atoms with Gasteiger partial charge in [-0.2, -0.15) is 0 Å². The first-order valence-corrected chi connectivity index (χ1v) is 6.80. The summed E-state index contributed by atoms with van der Waals surface area (Å²) in [6.45, 7) is 4.74. The maximum absolute atomic E-state index is 12.6. The Morgan fingerprint density at radius 3 is 1.95 bits per heavy atom. The van der Waals surface area contributed by atoms with E-state index in [1.165, 1.54) is 0 Å². The summed E-state index contributed by atoms with van der Waals surface area (Å²) >= 11 is 0. The summed E-state index contributed by atoms with van der Waals surface area (Å²) in [5.74, 6) is 0.318. The minimum Gasteiger partial charge on any atom is -0.634 e. The number of hydrogen-bond acceptors (Lipinski definition) is 1. The zero-order chi connectivity index (χ0) is 13.7. The van der Waals surface area contributed by atoms with Crippen LogP contribution in [0.4, 0.5) is 0 Å². The molecule has 2 rings (SSSR count). The van der Waals surface area contributed by atoms with E-state index in [4.69, 9.17) is 0 Å². The molecule has 0 saturated heterocycles. The van der Waals surface area contributed by atoms with Gasteiger partial charge in [-0.25, -0.2) is 0 Å². The Morgan fingerprint density at radius 1 is 0.895 bits per heavy atom. The summed E-state index contributed by atoms with van der Waals surface area (Å²) in [4.78, 5) is 0. The van der Waals surface area contributed by atoms with E-state index in [-0.39, 0.29) is 6.04 Å². The lowest BCUT2D eigenvalue weighted by Gasteiger charge is -2.34. The molecule has 2 aromatic carbocycles. The van der Waals surface area contributed by atoms with Crippen molar-refractivity contribution in [2.45, 2.75) is 26.4 Å². The summed E-state index contributed by atoms with van der Waals surface area (Å²) in [6, 6.07) is 20.0. The SMILES string of the molecule is CC(C)C(c1ccccc1)[NH+]([O-])Cc1ccccc1. The van der Waals surface area contributed by atoms with Crippen molar-refractivity contribution in [2.24, 2.45) is 5.92 Å². The highest BCUT2D eigenvalue weighted by Crippen LogP contribution is 2.18. The van der Waals surface area contributed by atoms with Gasteiger partial charge in [0, 0.05) is 17.0 Å². The van der Waals surface area contributed by atoms with Crippen LogP contribution in [0, 0.1) is 11.1 Å². The second-order valence-electron chi connectivity index (χ2n) is 5.26. The highest BCUT2D eigenvalue weighted by atomic mass is 16.5. The van der Waals surface area contributed by atoms with E-state index in [0.29, 0.717) is 17.5 Å². The molecule has 100 valence electrons. The van der Waals surface area contributed by atoms with Crippen molar-refractivity contribution in [1.82, 2.24) is 0 Å². The molecule has 0 fully saturated rings. The van der Waals surface area contributed by atoms with Crippen LogP contribution in [0.2, 0.25) is 0 Å². The molecular formula is C17H21NO. The minimum atomic E-state index is -0.0126. The van der Waals surface area contributed by atoms with Crippen molar-refractivity contribution >= 4 is 0 Å². The van der Waals surface area contributed by atoms with Crippen LogP contribution < -0.4 is 5.06 Å². The van der Waals surface area contributed by atoms with Gasteiger partial charge in [0.25, 0.3) is 0 Å². The largest absolute Gasteiger partial charge is 0.634 e. The monoisotopic (exact) mass is 255 g/mol. The van der Waals surface area contributed by atoms with Crippen molar-refractivity contribution in [3.63, 3.8) is 0 Å². The Labute approximate surface area is 115 Å². The fourth-order valence-corrected chi connectivity index (χ4v) is 2.51. The van der Waals surface area contributed by atoms with Gasteiger partial charge in [0.15, 0.2) is 0 Å². The molecule has 2 nitrogen and oxygen atoms in total. The smallest absolute Gasteiger partial charge is 0.115 e. The molecule has 1 N–H and O–H groups in total. The Kier molecular flexibility index (Phi) is 4.72. The van der Waals surface area contributed by atoms with Crippen LogP contribution in [-0.4, -0.2) is 0 Å². The molecule has 0 heterocycles. The van der Waals surface area contributed by atoms with Gasteiger partial charge in [0.05, 0.1) is 0 Å². The third-order valence-corrected chi connectivity index (χ3v) is 3.39. The lowest BCUT2D eigenvalue weighted by atomic mass is 9.95. The summed E-state index contributed by atoms with van der Waals surface area (Å²) in [5, 5.41) is 12.9. The van der Waals surface area contributed by atoms with E-state index < -0.39 is 0 Å². The fraction of sp³-hybridized carbons (Fsp3) is 0.294. The van der Waals surface area contributed by atoms with Crippen molar-refractivity contribution < 1.29 is 5.06 Å². The van der Waals surface area contributed by atoms with Crippen LogP contribution in [0.1, 0.15) is 31.0 Å². The third kappa shape index (κ3) is 3.66. The number of hydrogen-bond donors (Lipinski definition) is 1. The van der Waals surface area contributed by atoms with Crippen molar-refractivity contribution in [1.29, 1.82) is 0 Å². The van der Waals surface area contributed by atoms with E-state index >= 15 is 0 Å². The molecule has 0 saturated carbocycles. The summed E-state index contributed by atoms with van der Waals surface area (Å²) < 4.78 is 0. The molecule has 2 unspecified atom stereocenters. The van der Waals surface area contributed by atoms with Gasteiger partial charge in [-0.15, -0.1) is 0 Å². The van der Waals surface area contributed by atoms with Crippen LogP contribution in [0.5, 0.6) is 0 Å². The summed E-state index contributed by atoms with van der Waals surface area (Å²) in [6.07, 6.45) is 0. The average Bonchev–Trinajstić information content (AvgIpc) is 2.40. The zero-order valence-corrected chi connectivity index (χ0v) is 11.5. The number of benzene rings is 2. The van der Waals surface area contributed by atoms with Gasteiger partial charge in [0.1, 0.15) is 12.6 Å². The molecule has 19 heavy (non-hydrogen) atoms. The van der Waals surface area contributed by atoms with Crippen LogP contribution in [0.25, 0.3) is 0 Å². The Morgan fingerprint density at radius 2 is 1.42 bits per heavy atom. The summed E-state index contributed by atoms with van der Waals surface area (Å²) in [5.41, 5.74) is 2.22. The second kappa shape index (κ2) is 6.50. The zero-order valence-electron chi connectivity index (χ0n) is 11.5. The van der Waals surface area contributed by atoms with Crippen molar-refractivity contribution in [2.75, 3.05) is 0 Å². The molecule has 2 heteroatoms. The number of hydroxylamine groups is 2. The van der Waals surface area contributed by atoms with Crippen molar-refractivity contribution in [3.05, 3.63) is 77.0 Å². The fourth-order valence-electron chi connectivity index (χ4n) is 2.51. The van der Waals surface area contributed by atoms with Crippen molar-refractivity contribution in [3.8, 4) is 0 Å². The molecule has 2 atom stereocenters. The Hall–Kier alpha value is -1.64. The number of quaternary nitrogens is 1. The first kappa shape index (κ1) is 13.8. The maximum atomic E-state index is 12.6. The van der Waals surface area contributed by atoms with E-state index in [9.17, 15) is 5.21 Å². The molecule has 0 aliphatic heterocycles. The van der Waals surface area contributed by atoms with Gasteiger partial charge in [0.2, 0.25) is 0 Å². The maximum Gasteiger partial charge on any atom is 0.115 e. The van der Waals surface area contributed by atoms with Gasteiger partial charge in [-0.05, 0) is 0 Å². The first-order chi connectivity index (χ1) is 9.18. The normalized spacial score (nSPS) is 14.3. The highest BCUT2D eigenvalue weighted by molar-refractivity contribution is 5.18. The van der Waals surface area contributed by atoms with Crippen LogP contribution >= 0.6 is 0 Å². The Bertz CT molecular complexity index is 481. The quantitative estimate of drug-likeness (QED) is 0.817. The van der Waals surface area contributed by atoms with Crippen LogP contribution in [-0.2, 0) is 6.54 Å². The van der Waals surface area contributed by atoms with Gasteiger partial charge < -0.3 is 10.3 Å². The molecular weight excluding hydrogens is 234 g/mol. The van der Waals surface area contributed by atoms with Gasteiger partial charge in [-0.1, -0.05) is 74.5 Å². The first-order valence-electron chi connectivity index (χ1n) is 6.80. The standard InChI is InChI=1S/C17H21NO/c1-14(2)17(16-11-7-4-8-12-16)18(19)13-15-9-5-3-6-10-15/h3-12,14,17-18H,13H2,1-2H3. The predicted octanol–water partition coefficient (Wildman–Crippen LogP) is 2.97. The summed E-state index contributed by atoms with van der Waals surface area (Å²) in [7, 11) is 0. The average molecular weight is 255 g/mol. The molecule has 0 spiro atoms. The van der Waals surface area contributed by atoms with E-state index in [0.717, 1.165) is 11.1 Å². The number of rotatable bonds is 5.